The lowest BCUT2D eigenvalue weighted by Crippen LogP contribution is -2.45. The summed E-state index contributed by atoms with van der Waals surface area (Å²) in [6, 6.07) is 37.5. The van der Waals surface area contributed by atoms with Gasteiger partial charge in [-0.05, 0) is 182 Å². The summed E-state index contributed by atoms with van der Waals surface area (Å²) in [5.74, 6) is 2.47. The Kier molecular flexibility index (Phi) is 27.9. The number of nitrogens with one attached hydrogen (secondary N) is 8. The third-order valence-corrected chi connectivity index (χ3v) is 23.0. The number of aromatic nitrogens is 8. The number of carbonyl (C=O) groups excluding carboxylic acids is 4. The molecule has 0 atom stereocenters. The maximum atomic E-state index is 12.5. The van der Waals surface area contributed by atoms with Crippen molar-refractivity contribution in [3.63, 3.8) is 0 Å². The zero-order valence-electron chi connectivity index (χ0n) is 71.3. The van der Waals surface area contributed by atoms with Crippen LogP contribution in [0.4, 0.5) is 41.9 Å². The molecule has 10 heterocycles. The van der Waals surface area contributed by atoms with E-state index in [0.29, 0.717) is 46.6 Å². The normalized spacial score (nSPS) is 14.4. The average Bonchev–Trinajstić information content (AvgIpc) is 0.804. The molecule has 0 aliphatic carbocycles. The fourth-order valence-corrected chi connectivity index (χ4v) is 15.8. The topological polar surface area (TPSA) is 521 Å². The fraction of sp³-hybridized carbons (Fsp3) is 0.111. The molecule has 8 amide bonds. The molecule has 16 N–H and O–H groups in total. The van der Waals surface area contributed by atoms with E-state index in [4.69, 9.17) is 144 Å². The number of anilines is 4. The van der Waals surface area contributed by atoms with Crippen LogP contribution in [0.1, 0.15) is 46.2 Å². The number of amides is 8. The summed E-state index contributed by atoms with van der Waals surface area (Å²) in [6.07, 6.45) is 3.55. The molecule has 12 aromatic rings. The van der Waals surface area contributed by atoms with E-state index in [-0.39, 0.29) is 167 Å². The predicted octanol–water partition coefficient (Wildman–Crippen LogP) is 17.3. The molecule has 0 bridgehead atoms. The molecule has 8 aromatic carbocycles. The van der Waals surface area contributed by atoms with Crippen LogP contribution in [-0.2, 0) is 12.8 Å². The molecule has 46 heteroatoms. The molecule has 0 saturated heterocycles. The zero-order chi connectivity index (χ0) is 97.1. The summed E-state index contributed by atoms with van der Waals surface area (Å²) in [7, 11) is 0. The first-order valence-electron chi connectivity index (χ1n) is 40.2. The maximum Gasteiger partial charge on any atom is 0.347 e. The molecular formula is C90H72Cl8N24O14. The third-order valence-electron chi connectivity index (χ3n) is 20.8. The quantitative estimate of drug-likeness (QED) is 0.0427. The van der Waals surface area contributed by atoms with Crippen LogP contribution < -0.4 is 115 Å². The smallest absolute Gasteiger partial charge is 0.347 e. The maximum absolute atomic E-state index is 12.5. The van der Waals surface area contributed by atoms with Gasteiger partial charge >= 0.3 is 24.1 Å². The lowest BCUT2D eigenvalue weighted by atomic mass is 10.00. The van der Waals surface area contributed by atoms with E-state index in [0.717, 1.165) is 102 Å². The van der Waals surface area contributed by atoms with E-state index in [1.165, 1.54) is 72.8 Å². The van der Waals surface area contributed by atoms with Gasteiger partial charge in [0.15, 0.2) is 46.3 Å². The monoisotopic (exact) mass is 1990 g/mol. The number of aryl methyl sites for hydroxylation is 6. The molecule has 38 nitrogen and oxygen atoms in total. The number of carbonyl (C=O) groups is 4. The van der Waals surface area contributed by atoms with Gasteiger partial charge < -0.3 is 72.6 Å². The van der Waals surface area contributed by atoms with E-state index < -0.39 is 35.2 Å². The van der Waals surface area contributed by atoms with Crippen molar-refractivity contribution >= 4 is 163 Å². The number of hydrogen-bond donors (Lipinski definition) is 12. The number of nitrogens with two attached hydrogens (primary N) is 4. The molecule has 0 radical (unpaired) electrons. The number of fused-ring (bicyclic) bond motifs is 2. The Hall–Kier alpha value is -15.7. The molecule has 0 spiro atoms. The second-order valence-electron chi connectivity index (χ2n) is 30.1. The molecular weight excluding hydrogens is 1920 g/mol. The van der Waals surface area contributed by atoms with Gasteiger partial charge in [0, 0.05) is 24.3 Å². The Morgan fingerprint density at radius 2 is 0.610 bits per heavy atom. The molecule has 0 saturated carbocycles. The summed E-state index contributed by atoms with van der Waals surface area (Å²) in [5, 5.41) is 56.1. The highest BCUT2D eigenvalue weighted by Gasteiger charge is 2.32. The van der Waals surface area contributed by atoms with Gasteiger partial charge in [-0.25, -0.2) is 39.6 Å². The van der Waals surface area contributed by atoms with E-state index in [9.17, 15) is 38.4 Å². The largest absolute Gasteiger partial charge is 0.493 e. The van der Waals surface area contributed by atoms with Crippen molar-refractivity contribution < 1.29 is 47.6 Å². The predicted molar refractivity (Wildman–Crippen MR) is 521 cm³/mol. The van der Waals surface area contributed by atoms with Crippen molar-refractivity contribution in [1.29, 1.82) is 0 Å². The van der Waals surface area contributed by atoms with Gasteiger partial charge in [-0.3, -0.25) is 19.2 Å². The number of aromatic amines is 4. The van der Waals surface area contributed by atoms with Crippen LogP contribution in [-0.4, -0.2) is 101 Å². The van der Waals surface area contributed by atoms with E-state index in [1.54, 1.807) is 6.07 Å². The Morgan fingerprint density at radius 1 is 0.331 bits per heavy atom. The van der Waals surface area contributed by atoms with Gasteiger partial charge in [0.25, 0.3) is 22.2 Å². The van der Waals surface area contributed by atoms with Crippen LogP contribution in [0.2, 0.25) is 40.2 Å². The number of amidine groups is 4. The number of ether oxygens (including phenoxy) is 6. The highest BCUT2D eigenvalue weighted by Crippen LogP contribution is 2.47. The Bertz CT molecular complexity index is 7380. The van der Waals surface area contributed by atoms with Crippen LogP contribution in [0.3, 0.4) is 0 Å². The number of hydrogen-bond acceptors (Lipinski definition) is 26. The van der Waals surface area contributed by atoms with E-state index >= 15 is 0 Å². The SMILES string of the molecule is C=C1NC(=O)N(c2cc(Cl)c(Oc3cc(-c4ccc(C)c(C)c4)c(=O)[nH]n3)c(Cl)c2)N=C1N.C=C1NC(=O)N(c2cc(Cl)c(Oc3cc(-c4ccc5c(c4)CCCO5)c(=O)[nH]n3)c(Cl)c2)N=C1N.C=C1NC(=O)N(c2cc(Cl)c(Oc3n[nH]c(=O)cc3-c3ccc(C)c(C)c3)c(Cl)c2)N=C1N.C=C1NC(=O)N(c2cc(Cl)c(Oc3n[nH]c(=O)cc3-c3ccc4c(c3)CCCO4)c(Cl)c2)N=C1N. The molecule has 136 heavy (non-hydrogen) atoms. The first-order chi connectivity index (χ1) is 64.9. The molecule has 6 aliphatic heterocycles. The lowest BCUT2D eigenvalue weighted by molar-refractivity contribution is 0.247. The molecule has 4 aromatic heterocycles. The Morgan fingerprint density at radius 3 is 0.919 bits per heavy atom. The first-order valence-corrected chi connectivity index (χ1v) is 43.2. The number of urea groups is 4. The molecule has 0 fully saturated rings. The number of nitrogens with zero attached hydrogens (tertiary/aromatic N) is 12. The minimum atomic E-state index is -0.578. The standard InChI is InChI=1S/2C23H18Cl2N6O4.2C22H18Cl2N6O3/c1-11-21(26)30-31(23(33)27-11)14-8-16(24)20(17(25)9-14)35-19-10-15(22(32)29-28-19)12-4-5-18-13(7-12)3-2-6-34-18;1-11-21(26)30-31(23(33)27-11)14-8-16(24)20(17(25)9-14)35-22-15(10-19(32)28-29-22)12-4-5-18-13(7-12)3-2-6-34-18;1-10-4-5-13(6-11(10)2)15-9-18(27-28-21(15)31)33-19-16(23)7-14(8-17(19)24)30-22(32)26-12(3)20(25)29-30;1-10-4-5-13(6-11(10)2)15-9-18(31)27-28-21(15)33-19-16(23)7-14(8-17(19)24)30-22(32)26-12(3)20(25)29-30/h4-5,7-10H,1-3,6H2,(H2,26,30)(H,27,33)(H,29,32);4-5,7-10H,1-3,6H2,(H2,26,30)(H,27,33)(H,28,32);4-9H,3H2,1-2H3,(H2,25,29)(H,26,32)(H,28,31);4-9H,3H2,1-2H3,(H2,25,29)(H,26,32)(H,27,31). The minimum absolute atomic E-state index is 0.0368. The summed E-state index contributed by atoms with van der Waals surface area (Å²) in [4.78, 5) is 97.9. The number of H-pyrrole nitrogens is 4. The first kappa shape index (κ1) is 94.9. The number of benzene rings is 8. The Labute approximate surface area is 809 Å². The average molecular weight is 2000 g/mol. The summed E-state index contributed by atoms with van der Waals surface area (Å²) < 4.78 is 34.8. The summed E-state index contributed by atoms with van der Waals surface area (Å²) in [6.45, 7) is 23.7. The summed E-state index contributed by atoms with van der Waals surface area (Å²) >= 11 is 51.3. The molecule has 18 rings (SSSR count). The Balaban J connectivity index is 0.000000138. The van der Waals surface area contributed by atoms with Crippen molar-refractivity contribution in [1.82, 2.24) is 62.1 Å². The van der Waals surface area contributed by atoms with Crippen LogP contribution in [0.25, 0.3) is 44.5 Å². The van der Waals surface area contributed by atoms with Gasteiger partial charge in [-0.15, -0.1) is 40.8 Å². The van der Waals surface area contributed by atoms with Crippen LogP contribution >= 0.6 is 92.8 Å². The van der Waals surface area contributed by atoms with Gasteiger partial charge in [-0.1, -0.05) is 168 Å². The van der Waals surface area contributed by atoms with Crippen molar-refractivity contribution in [2.75, 3.05) is 33.2 Å². The van der Waals surface area contributed by atoms with Crippen molar-refractivity contribution in [3.8, 4) is 103 Å². The van der Waals surface area contributed by atoms with Crippen LogP contribution in [0, 0.1) is 27.7 Å². The van der Waals surface area contributed by atoms with Gasteiger partial charge in [0.2, 0.25) is 23.5 Å². The second kappa shape index (κ2) is 40.0. The number of halogens is 8. The number of rotatable bonds is 16. The molecule has 6 aliphatic rings. The highest BCUT2D eigenvalue weighted by molar-refractivity contribution is 6.40. The third kappa shape index (κ3) is 21.0. The van der Waals surface area contributed by atoms with Crippen molar-refractivity contribution in [3.05, 3.63) is 310 Å². The van der Waals surface area contributed by atoms with Crippen molar-refractivity contribution in [2.45, 2.75) is 53.4 Å². The lowest BCUT2D eigenvalue weighted by Gasteiger charge is -2.24. The van der Waals surface area contributed by atoms with Gasteiger partial charge in [-0.2, -0.15) is 20.0 Å². The fourth-order valence-electron chi connectivity index (χ4n) is 13.5. The van der Waals surface area contributed by atoms with Gasteiger partial charge in [0.05, 0.1) is 121 Å². The molecule has 692 valence electrons. The van der Waals surface area contributed by atoms with Crippen LogP contribution in [0.5, 0.6) is 58.0 Å². The number of hydrazone groups is 4. The summed E-state index contributed by atoms with van der Waals surface area (Å²) in [5.41, 5.74) is 34.1. The zero-order valence-corrected chi connectivity index (χ0v) is 77.4. The van der Waals surface area contributed by atoms with Crippen molar-refractivity contribution in [2.24, 2.45) is 43.3 Å². The van der Waals surface area contributed by atoms with E-state index in [1.807, 2.05) is 94.4 Å². The molecule has 0 unspecified atom stereocenters. The van der Waals surface area contributed by atoms with E-state index in [2.05, 4.69) is 109 Å². The minimum Gasteiger partial charge on any atom is -0.493 e. The highest BCUT2D eigenvalue weighted by atomic mass is 35.5. The van der Waals surface area contributed by atoms with Gasteiger partial charge in [0.1, 0.15) is 11.5 Å². The second-order valence-corrected chi connectivity index (χ2v) is 33.4. The van der Waals surface area contributed by atoms with Crippen LogP contribution in [0.15, 0.2) is 234 Å².